The molecule has 0 saturated heterocycles. The van der Waals surface area contributed by atoms with Gasteiger partial charge in [-0.25, -0.2) is 9.97 Å². The van der Waals surface area contributed by atoms with Crippen LogP contribution < -0.4 is 4.74 Å². The highest BCUT2D eigenvalue weighted by atomic mass is 16.5. The van der Waals surface area contributed by atoms with E-state index in [4.69, 9.17) is 14.7 Å². The Morgan fingerprint density at radius 1 is 0.388 bits per heavy atom. The Bertz CT molecular complexity index is 3620. The molecule has 0 fully saturated rings. The summed E-state index contributed by atoms with van der Waals surface area (Å²) in [7, 11) is 0. The van der Waals surface area contributed by atoms with Gasteiger partial charge in [-0.3, -0.25) is 4.57 Å². The number of para-hydroxylation sites is 3. The highest BCUT2D eigenvalue weighted by molar-refractivity contribution is 6.08. The molecule has 5 heteroatoms. The van der Waals surface area contributed by atoms with E-state index >= 15 is 0 Å². The van der Waals surface area contributed by atoms with Gasteiger partial charge in [-0.2, -0.15) is 0 Å². The summed E-state index contributed by atoms with van der Waals surface area (Å²) >= 11 is 0. The van der Waals surface area contributed by atoms with Gasteiger partial charge < -0.3 is 9.30 Å². The van der Waals surface area contributed by atoms with E-state index in [9.17, 15) is 0 Å². The summed E-state index contributed by atoms with van der Waals surface area (Å²) in [4.78, 5) is 10.7. The number of aromatic nitrogens is 4. The van der Waals surface area contributed by atoms with Gasteiger partial charge in [0.25, 0.3) is 0 Å². The van der Waals surface area contributed by atoms with Crippen LogP contribution in [0.1, 0.15) is 52.7 Å². The number of rotatable bonds is 8. The fraction of sp³-hybridized carbons (Fsp3) is 0.129. The quantitative estimate of drug-likeness (QED) is 0.153. The second kappa shape index (κ2) is 16.4. The average Bonchev–Trinajstić information content (AvgIpc) is 3.90. The van der Waals surface area contributed by atoms with Gasteiger partial charge in [0.2, 0.25) is 0 Å². The van der Waals surface area contributed by atoms with Crippen LogP contribution in [0.4, 0.5) is 0 Å². The van der Waals surface area contributed by atoms with E-state index in [1.54, 1.807) is 0 Å². The Balaban J connectivity index is 0.966. The molecule has 0 N–H and O–H groups in total. The Kier molecular flexibility index (Phi) is 10.2. The first-order valence-corrected chi connectivity index (χ1v) is 23.1. The van der Waals surface area contributed by atoms with Crippen molar-refractivity contribution in [2.75, 3.05) is 0 Å². The molecular weight excluding hydrogens is 817 g/mol. The normalized spacial score (nSPS) is 12.0. The zero-order valence-corrected chi connectivity index (χ0v) is 38.8. The molecule has 0 aliphatic heterocycles. The fourth-order valence-electron chi connectivity index (χ4n) is 9.36. The fourth-order valence-corrected chi connectivity index (χ4v) is 9.36. The van der Waals surface area contributed by atoms with Crippen molar-refractivity contribution in [2.24, 2.45) is 0 Å². The van der Waals surface area contributed by atoms with Gasteiger partial charge in [0.15, 0.2) is 0 Å². The smallest absolute Gasteiger partial charge is 0.145 e. The third-order valence-corrected chi connectivity index (χ3v) is 12.9. The van der Waals surface area contributed by atoms with Crippen LogP contribution in [0.15, 0.2) is 206 Å². The molecule has 0 amide bonds. The molecule has 11 aromatic rings. The Labute approximate surface area is 392 Å². The monoisotopic (exact) mass is 868 g/mol. The van der Waals surface area contributed by atoms with Crippen LogP contribution in [0.5, 0.6) is 11.5 Å². The minimum Gasteiger partial charge on any atom is -0.457 e. The van der Waals surface area contributed by atoms with Crippen molar-refractivity contribution in [3.8, 4) is 67.8 Å². The third-order valence-electron chi connectivity index (χ3n) is 12.9. The molecule has 5 nitrogen and oxygen atoms in total. The zero-order valence-electron chi connectivity index (χ0n) is 38.8. The summed E-state index contributed by atoms with van der Waals surface area (Å²) in [5, 5.41) is 1.11. The number of nitrogens with zero attached hydrogens (tertiary/aromatic N) is 4. The Morgan fingerprint density at radius 2 is 0.910 bits per heavy atom. The Morgan fingerprint density at radius 3 is 1.54 bits per heavy atom. The van der Waals surface area contributed by atoms with E-state index in [2.05, 4.69) is 233 Å². The van der Waals surface area contributed by atoms with Crippen LogP contribution in [-0.4, -0.2) is 19.1 Å². The van der Waals surface area contributed by atoms with Crippen LogP contribution in [0.25, 0.3) is 89.2 Å². The second-order valence-electron chi connectivity index (χ2n) is 19.5. The van der Waals surface area contributed by atoms with Gasteiger partial charge in [-0.1, -0.05) is 169 Å². The lowest BCUT2D eigenvalue weighted by Crippen LogP contribution is -2.12. The third kappa shape index (κ3) is 7.76. The summed E-state index contributed by atoms with van der Waals surface area (Å²) in [6.45, 7) is 13.6. The lowest BCUT2D eigenvalue weighted by molar-refractivity contribution is 0.483. The lowest BCUT2D eigenvalue weighted by Gasteiger charge is -2.23. The minimum atomic E-state index is -0.0132. The van der Waals surface area contributed by atoms with Crippen LogP contribution in [0, 0.1) is 0 Å². The molecule has 326 valence electrons. The van der Waals surface area contributed by atoms with Crippen molar-refractivity contribution < 1.29 is 4.74 Å². The first-order valence-electron chi connectivity index (χ1n) is 23.1. The summed E-state index contributed by atoms with van der Waals surface area (Å²) in [6, 6.07) is 72.9. The van der Waals surface area contributed by atoms with Crippen molar-refractivity contribution in [3.05, 3.63) is 217 Å². The minimum absolute atomic E-state index is 0.00547. The standard InChI is InChI=1S/C62H52N4O/c1-61(2,3)45-31-34-55(50(39-45)41-19-9-7-10-20-41)65-54-29-15-13-27-49(54)59-58(65)36-33-52(63-59)43-23-17-25-47(37-43)67-48-26-18-24-44(38-48)60-64-53-28-14-16-30-57(53)66(60)56-35-32-46(62(4,5)6)40-51(56)42-21-11-8-12-22-42/h7-40H,1-6H3. The van der Waals surface area contributed by atoms with E-state index in [0.29, 0.717) is 0 Å². The highest BCUT2D eigenvalue weighted by Gasteiger charge is 2.23. The zero-order chi connectivity index (χ0) is 45.9. The summed E-state index contributed by atoms with van der Waals surface area (Å²) in [6.07, 6.45) is 0. The lowest BCUT2D eigenvalue weighted by atomic mass is 9.85. The first-order chi connectivity index (χ1) is 32.5. The van der Waals surface area contributed by atoms with Gasteiger partial charge in [0.1, 0.15) is 17.3 Å². The molecule has 0 spiro atoms. The molecule has 0 bridgehead atoms. The Hall–Kier alpha value is -8.02. The second-order valence-corrected chi connectivity index (χ2v) is 19.5. The predicted molar refractivity (Wildman–Crippen MR) is 279 cm³/mol. The molecular formula is C62H52N4O. The van der Waals surface area contributed by atoms with Crippen LogP contribution in [0.3, 0.4) is 0 Å². The average molecular weight is 869 g/mol. The van der Waals surface area contributed by atoms with Gasteiger partial charge in [0.05, 0.1) is 44.7 Å². The van der Waals surface area contributed by atoms with E-state index in [-0.39, 0.29) is 10.8 Å². The maximum Gasteiger partial charge on any atom is 0.145 e. The molecule has 0 atom stereocenters. The first kappa shape index (κ1) is 41.7. The molecule has 0 aliphatic rings. The molecule has 8 aromatic carbocycles. The maximum atomic E-state index is 6.71. The van der Waals surface area contributed by atoms with Gasteiger partial charge in [-0.15, -0.1) is 0 Å². The molecule has 0 unspecified atom stereocenters. The molecule has 0 aliphatic carbocycles. The summed E-state index contributed by atoms with van der Waals surface area (Å²) in [5.74, 6) is 2.29. The van der Waals surface area contributed by atoms with Crippen molar-refractivity contribution in [3.63, 3.8) is 0 Å². The maximum absolute atomic E-state index is 6.71. The van der Waals surface area contributed by atoms with Gasteiger partial charge in [-0.05, 0) is 112 Å². The molecule has 3 aromatic heterocycles. The molecule has 0 saturated carbocycles. The number of benzene rings is 8. The number of fused-ring (bicyclic) bond motifs is 4. The number of hydrogen-bond acceptors (Lipinski definition) is 3. The van der Waals surface area contributed by atoms with Gasteiger partial charge >= 0.3 is 0 Å². The van der Waals surface area contributed by atoms with Crippen LogP contribution >= 0.6 is 0 Å². The largest absolute Gasteiger partial charge is 0.457 e. The number of imidazole rings is 1. The predicted octanol–water partition coefficient (Wildman–Crippen LogP) is 16.6. The van der Waals surface area contributed by atoms with Crippen molar-refractivity contribution in [1.29, 1.82) is 0 Å². The van der Waals surface area contributed by atoms with E-state index in [1.165, 1.54) is 22.3 Å². The van der Waals surface area contributed by atoms with Gasteiger partial charge in [0, 0.05) is 27.6 Å². The molecule has 3 heterocycles. The molecule has 11 rings (SSSR count). The number of hydrogen-bond donors (Lipinski definition) is 0. The number of ether oxygens (including phenoxy) is 1. The summed E-state index contributed by atoms with van der Waals surface area (Å²) < 4.78 is 11.4. The molecule has 67 heavy (non-hydrogen) atoms. The summed E-state index contributed by atoms with van der Waals surface area (Å²) in [5.41, 5.74) is 17.4. The number of pyridine rings is 1. The van der Waals surface area contributed by atoms with Crippen LogP contribution in [0.2, 0.25) is 0 Å². The SMILES string of the molecule is CC(C)(C)c1ccc(-n2c(-c3cccc(Oc4cccc(-c5ccc6c(n5)c5ccccc5n6-c5ccc(C(C)(C)C)cc5-c5ccccc5)c4)c3)nc3ccccc32)c(-c2ccccc2)c1. The molecule has 0 radical (unpaired) electrons. The van der Waals surface area contributed by atoms with Crippen LogP contribution in [-0.2, 0) is 10.8 Å². The van der Waals surface area contributed by atoms with Crippen molar-refractivity contribution in [2.45, 2.75) is 52.4 Å². The van der Waals surface area contributed by atoms with E-state index in [0.717, 1.165) is 89.6 Å². The van der Waals surface area contributed by atoms with Crippen molar-refractivity contribution in [1.82, 2.24) is 19.1 Å². The highest BCUT2D eigenvalue weighted by Crippen LogP contribution is 2.41. The van der Waals surface area contributed by atoms with E-state index < -0.39 is 0 Å². The van der Waals surface area contributed by atoms with Crippen molar-refractivity contribution >= 4 is 33.0 Å². The van der Waals surface area contributed by atoms with E-state index in [1.807, 2.05) is 24.3 Å². The topological polar surface area (TPSA) is 44.9 Å².